The highest BCUT2D eigenvalue weighted by atomic mass is 19.1. The van der Waals surface area contributed by atoms with Crippen molar-refractivity contribution in [2.24, 2.45) is 0 Å². The number of likely N-dealkylation sites (N-methyl/N-ethyl adjacent to an activating group) is 1. The van der Waals surface area contributed by atoms with Crippen molar-refractivity contribution < 1.29 is 9.18 Å². The number of fused-ring (bicyclic) bond motifs is 1. The van der Waals surface area contributed by atoms with E-state index in [2.05, 4.69) is 20.5 Å². The lowest BCUT2D eigenvalue weighted by Gasteiger charge is -2.23. The van der Waals surface area contributed by atoms with Crippen LogP contribution in [0.4, 0.5) is 4.39 Å². The van der Waals surface area contributed by atoms with Crippen LogP contribution in [0.25, 0.3) is 10.9 Å². The van der Waals surface area contributed by atoms with Crippen molar-refractivity contribution in [3.8, 4) is 0 Å². The van der Waals surface area contributed by atoms with E-state index < -0.39 is 6.04 Å². The van der Waals surface area contributed by atoms with Crippen LogP contribution in [0, 0.1) is 5.82 Å². The average molecular weight is 378 g/mol. The summed E-state index contributed by atoms with van der Waals surface area (Å²) in [6, 6.07) is 15.6. The first-order valence-corrected chi connectivity index (χ1v) is 8.88. The van der Waals surface area contributed by atoms with Crippen LogP contribution in [-0.4, -0.2) is 43.0 Å². The van der Waals surface area contributed by atoms with E-state index in [1.165, 1.54) is 23.1 Å². The number of carbonyl (C=O) groups excluding carboxylic acids is 1. The van der Waals surface area contributed by atoms with Gasteiger partial charge in [-0.3, -0.25) is 4.79 Å². The lowest BCUT2D eigenvalue weighted by atomic mass is 10.1. The molecule has 0 aliphatic carbocycles. The van der Waals surface area contributed by atoms with Crippen molar-refractivity contribution in [3.05, 3.63) is 78.0 Å². The maximum Gasteiger partial charge on any atom is 0.248 e. The van der Waals surface area contributed by atoms with Crippen LogP contribution >= 0.6 is 0 Å². The fraction of sp³-hybridized carbons (Fsp3) is 0.200. The number of nitrogens with one attached hydrogen (secondary N) is 1. The molecular weight excluding hydrogens is 359 g/mol. The molecule has 1 atom stereocenters. The van der Waals surface area contributed by atoms with Crippen molar-refractivity contribution in [2.45, 2.75) is 19.0 Å². The van der Waals surface area contributed by atoms with Crippen molar-refractivity contribution in [2.75, 3.05) is 7.05 Å². The number of aromatic amines is 1. The normalized spacial score (nSPS) is 12.2. The third kappa shape index (κ3) is 3.75. The van der Waals surface area contributed by atoms with Gasteiger partial charge in [0, 0.05) is 30.1 Å². The highest BCUT2D eigenvalue weighted by Gasteiger charge is 2.26. The fourth-order valence-electron chi connectivity index (χ4n) is 3.28. The van der Waals surface area contributed by atoms with Crippen molar-refractivity contribution in [3.63, 3.8) is 0 Å². The van der Waals surface area contributed by atoms with E-state index in [9.17, 15) is 9.18 Å². The predicted molar refractivity (Wildman–Crippen MR) is 102 cm³/mol. The molecule has 2 aromatic carbocycles. The molecule has 4 aromatic rings. The number of benzene rings is 2. The van der Waals surface area contributed by atoms with Crippen LogP contribution in [0.3, 0.4) is 0 Å². The number of carbonyl (C=O) groups is 1. The van der Waals surface area contributed by atoms with E-state index in [0.29, 0.717) is 13.0 Å². The van der Waals surface area contributed by atoms with E-state index >= 15 is 0 Å². The molecule has 0 fully saturated rings. The van der Waals surface area contributed by atoms with Gasteiger partial charge in [-0.15, -0.1) is 5.10 Å². The number of nitrogens with zero attached hydrogens (tertiary/aromatic N) is 5. The molecule has 2 heterocycles. The topological polar surface area (TPSA) is 79.7 Å². The van der Waals surface area contributed by atoms with E-state index in [-0.39, 0.29) is 11.7 Å². The summed E-state index contributed by atoms with van der Waals surface area (Å²) in [6.45, 7) is 0.364. The Bertz CT molecular complexity index is 1080. The molecule has 8 heteroatoms. The third-order valence-electron chi connectivity index (χ3n) is 4.66. The highest BCUT2D eigenvalue weighted by molar-refractivity contribution is 5.82. The summed E-state index contributed by atoms with van der Waals surface area (Å²) in [4.78, 5) is 18.0. The Balaban J connectivity index is 1.55. The molecule has 0 radical (unpaired) electrons. The standard InChI is InChI=1S/C20H19FN6O/c1-26(12-17-11-15-10-16(21)7-8-18(15)23-17)20(28)19(27-13-22-24-25-27)9-14-5-3-2-4-6-14/h2-8,10-11,13,19,23H,9,12H2,1H3/t19-/m0/s1. The van der Waals surface area contributed by atoms with Gasteiger partial charge >= 0.3 is 0 Å². The lowest BCUT2D eigenvalue weighted by Crippen LogP contribution is -2.35. The van der Waals surface area contributed by atoms with Gasteiger partial charge in [-0.2, -0.15) is 0 Å². The minimum absolute atomic E-state index is 0.110. The smallest absolute Gasteiger partial charge is 0.248 e. The number of aromatic nitrogens is 5. The number of hydrogen-bond acceptors (Lipinski definition) is 4. The van der Waals surface area contributed by atoms with Gasteiger partial charge in [0.25, 0.3) is 0 Å². The van der Waals surface area contributed by atoms with Crippen LogP contribution < -0.4 is 0 Å². The monoisotopic (exact) mass is 378 g/mol. The second-order valence-corrected chi connectivity index (χ2v) is 6.72. The van der Waals surface area contributed by atoms with E-state index in [0.717, 1.165) is 22.2 Å². The van der Waals surface area contributed by atoms with E-state index in [1.54, 1.807) is 18.0 Å². The first-order chi connectivity index (χ1) is 13.6. The molecule has 0 bridgehead atoms. The summed E-state index contributed by atoms with van der Waals surface area (Å²) in [5, 5.41) is 12.0. The second-order valence-electron chi connectivity index (χ2n) is 6.72. The molecule has 7 nitrogen and oxygen atoms in total. The van der Waals surface area contributed by atoms with Gasteiger partial charge in [-0.25, -0.2) is 9.07 Å². The summed E-state index contributed by atoms with van der Waals surface area (Å²) in [7, 11) is 1.73. The molecule has 0 saturated carbocycles. The quantitative estimate of drug-likeness (QED) is 0.559. The SMILES string of the molecule is CN(Cc1cc2cc(F)ccc2[nH]1)C(=O)[C@H](Cc1ccccc1)n1cnnn1. The molecule has 0 unspecified atom stereocenters. The Kier molecular flexibility index (Phi) is 4.84. The van der Waals surface area contributed by atoms with Crippen LogP contribution in [0.5, 0.6) is 0 Å². The molecule has 0 spiro atoms. The maximum absolute atomic E-state index is 13.4. The summed E-state index contributed by atoms with van der Waals surface area (Å²) in [6.07, 6.45) is 1.93. The van der Waals surface area contributed by atoms with E-state index in [1.807, 2.05) is 36.4 Å². The second kappa shape index (κ2) is 7.59. The van der Waals surface area contributed by atoms with Gasteiger partial charge in [-0.1, -0.05) is 30.3 Å². The minimum Gasteiger partial charge on any atom is -0.357 e. The number of hydrogen-bond donors (Lipinski definition) is 1. The van der Waals surface area contributed by atoms with Crippen LogP contribution in [0.15, 0.2) is 60.9 Å². The Hall–Kier alpha value is -3.55. The third-order valence-corrected chi connectivity index (χ3v) is 4.66. The van der Waals surface area contributed by atoms with Gasteiger partial charge in [0.15, 0.2) is 0 Å². The Labute approximate surface area is 160 Å². The summed E-state index contributed by atoms with van der Waals surface area (Å²) < 4.78 is 14.9. The first kappa shape index (κ1) is 17.8. The van der Waals surface area contributed by atoms with Crippen LogP contribution in [-0.2, 0) is 17.8 Å². The van der Waals surface area contributed by atoms with Crippen molar-refractivity contribution in [1.29, 1.82) is 0 Å². The summed E-state index contributed by atoms with van der Waals surface area (Å²) in [5.41, 5.74) is 2.68. The molecule has 1 N–H and O–H groups in total. The Morgan fingerprint density at radius 3 is 2.79 bits per heavy atom. The van der Waals surface area contributed by atoms with Crippen LogP contribution in [0.2, 0.25) is 0 Å². The number of rotatable bonds is 6. The minimum atomic E-state index is -0.552. The van der Waals surface area contributed by atoms with Gasteiger partial charge in [0.2, 0.25) is 5.91 Å². The zero-order valence-electron chi connectivity index (χ0n) is 15.3. The van der Waals surface area contributed by atoms with E-state index in [4.69, 9.17) is 0 Å². The molecule has 4 rings (SSSR count). The number of H-pyrrole nitrogens is 1. The number of amides is 1. The average Bonchev–Trinajstić information content (AvgIpc) is 3.35. The van der Waals surface area contributed by atoms with Gasteiger partial charge in [0.05, 0.1) is 6.54 Å². The molecule has 0 aliphatic heterocycles. The Morgan fingerprint density at radius 2 is 2.04 bits per heavy atom. The van der Waals surface area contributed by atoms with Gasteiger partial charge in [0.1, 0.15) is 18.2 Å². The van der Waals surface area contributed by atoms with Crippen molar-refractivity contribution in [1.82, 2.24) is 30.1 Å². The fourth-order valence-corrected chi connectivity index (χ4v) is 3.28. The molecule has 2 aromatic heterocycles. The van der Waals surface area contributed by atoms with Crippen LogP contribution in [0.1, 0.15) is 17.3 Å². The molecule has 0 saturated heterocycles. The number of tetrazole rings is 1. The summed E-state index contributed by atoms with van der Waals surface area (Å²) >= 11 is 0. The Morgan fingerprint density at radius 1 is 1.21 bits per heavy atom. The highest BCUT2D eigenvalue weighted by Crippen LogP contribution is 2.20. The largest absolute Gasteiger partial charge is 0.357 e. The lowest BCUT2D eigenvalue weighted by molar-refractivity contribution is -0.134. The van der Waals surface area contributed by atoms with Crippen molar-refractivity contribution >= 4 is 16.8 Å². The molecule has 0 aliphatic rings. The zero-order valence-corrected chi connectivity index (χ0v) is 15.3. The molecule has 142 valence electrons. The molecule has 1 amide bonds. The molecule has 28 heavy (non-hydrogen) atoms. The maximum atomic E-state index is 13.4. The number of halogens is 1. The first-order valence-electron chi connectivity index (χ1n) is 8.88. The van der Waals surface area contributed by atoms with Gasteiger partial charge < -0.3 is 9.88 Å². The summed E-state index contributed by atoms with van der Waals surface area (Å²) in [5.74, 6) is -0.398. The zero-order chi connectivity index (χ0) is 19.5. The van der Waals surface area contributed by atoms with Gasteiger partial charge in [-0.05, 0) is 40.3 Å². The molecular formula is C20H19FN6O. The predicted octanol–water partition coefficient (Wildman–Crippen LogP) is 2.74.